The van der Waals surface area contributed by atoms with Gasteiger partial charge in [0.2, 0.25) is 0 Å². The third kappa shape index (κ3) is 4.13. The van der Waals surface area contributed by atoms with Gasteiger partial charge in [-0.15, -0.1) is 0 Å². The number of β-amino-alcohol motifs (C(OH)–C–C–N with tert-alkyl or cyclic N) is 1. The van der Waals surface area contributed by atoms with E-state index in [1.807, 2.05) is 45.0 Å². The number of ether oxygens (including phenoxy) is 2. The lowest BCUT2D eigenvalue weighted by Crippen LogP contribution is -2.47. The van der Waals surface area contributed by atoms with E-state index in [2.05, 4.69) is 0 Å². The van der Waals surface area contributed by atoms with Gasteiger partial charge in [0.1, 0.15) is 11.4 Å². The molecule has 1 saturated heterocycles. The smallest absolute Gasteiger partial charge is 0.410 e. The second kappa shape index (κ2) is 6.57. The van der Waals surface area contributed by atoms with Crippen LogP contribution in [0.2, 0.25) is 0 Å². The minimum absolute atomic E-state index is 0.00814. The van der Waals surface area contributed by atoms with E-state index >= 15 is 0 Å². The van der Waals surface area contributed by atoms with Gasteiger partial charge in [0.15, 0.2) is 0 Å². The molecule has 0 bridgehead atoms. The fourth-order valence-corrected chi connectivity index (χ4v) is 2.68. The van der Waals surface area contributed by atoms with Gasteiger partial charge in [0, 0.05) is 12.5 Å². The zero-order chi connectivity index (χ0) is 16.3. The number of likely N-dealkylation sites (tertiary alicyclic amines) is 1. The molecule has 2 rings (SSSR count). The normalized spacial score (nSPS) is 22.3. The molecule has 1 aromatic rings. The lowest BCUT2D eigenvalue weighted by atomic mass is 9.87. The molecule has 122 valence electrons. The molecule has 1 amide bonds. The first kappa shape index (κ1) is 16.6. The molecule has 0 radical (unpaired) electrons. The Morgan fingerprint density at radius 1 is 1.36 bits per heavy atom. The van der Waals surface area contributed by atoms with Crippen LogP contribution in [0.4, 0.5) is 4.79 Å². The van der Waals surface area contributed by atoms with Gasteiger partial charge in [-0.3, -0.25) is 0 Å². The van der Waals surface area contributed by atoms with Gasteiger partial charge < -0.3 is 19.5 Å². The number of aliphatic hydroxyl groups excluding tert-OH is 1. The van der Waals surface area contributed by atoms with Crippen molar-refractivity contribution >= 4 is 6.09 Å². The van der Waals surface area contributed by atoms with Crippen LogP contribution in [0.3, 0.4) is 0 Å². The Hall–Kier alpha value is -1.75. The van der Waals surface area contributed by atoms with Crippen molar-refractivity contribution in [3.8, 4) is 5.75 Å². The minimum atomic E-state index is -0.603. The molecule has 1 heterocycles. The number of nitrogens with zero attached hydrogens (tertiary/aromatic N) is 1. The van der Waals surface area contributed by atoms with Crippen molar-refractivity contribution < 1.29 is 19.4 Å². The molecule has 1 aromatic carbocycles. The molecule has 5 nitrogen and oxygen atoms in total. The summed E-state index contributed by atoms with van der Waals surface area (Å²) < 4.78 is 10.6. The number of carbonyl (C=O) groups is 1. The van der Waals surface area contributed by atoms with Gasteiger partial charge >= 0.3 is 6.09 Å². The first-order chi connectivity index (χ1) is 10.3. The van der Waals surface area contributed by atoms with E-state index in [4.69, 9.17) is 9.47 Å². The summed E-state index contributed by atoms with van der Waals surface area (Å²) in [5.74, 6) is 0.785. The number of hydrogen-bond donors (Lipinski definition) is 1. The summed E-state index contributed by atoms with van der Waals surface area (Å²) in [6, 6.07) is 7.73. The van der Waals surface area contributed by atoms with Crippen molar-refractivity contribution in [2.24, 2.45) is 0 Å². The van der Waals surface area contributed by atoms with E-state index in [0.717, 1.165) is 11.3 Å². The van der Waals surface area contributed by atoms with Crippen LogP contribution < -0.4 is 4.74 Å². The lowest BCUT2D eigenvalue weighted by molar-refractivity contribution is -0.00153. The van der Waals surface area contributed by atoms with Gasteiger partial charge in [-0.1, -0.05) is 12.1 Å². The standard InChI is InChI=1S/C17H25NO4/c1-17(2,3)22-16(20)18-9-8-14(15(19)11-18)12-6-5-7-13(10-12)21-4/h5-7,10,14-15,19H,8-9,11H2,1-4H3/t14-,15+/m1/s1. The summed E-state index contributed by atoms with van der Waals surface area (Å²) in [7, 11) is 1.63. The molecule has 0 aromatic heterocycles. The number of aliphatic hydroxyl groups is 1. The molecule has 1 aliphatic heterocycles. The number of hydrogen-bond acceptors (Lipinski definition) is 4. The average molecular weight is 307 g/mol. The molecule has 1 aliphatic rings. The van der Waals surface area contributed by atoms with Crippen LogP contribution in [0.5, 0.6) is 5.75 Å². The van der Waals surface area contributed by atoms with E-state index in [1.165, 1.54) is 0 Å². The van der Waals surface area contributed by atoms with Gasteiger partial charge in [-0.2, -0.15) is 0 Å². The van der Waals surface area contributed by atoms with Crippen LogP contribution in [0.1, 0.15) is 38.7 Å². The molecule has 0 aliphatic carbocycles. The van der Waals surface area contributed by atoms with Gasteiger partial charge in [-0.05, 0) is 44.9 Å². The summed E-state index contributed by atoms with van der Waals surface area (Å²) in [5.41, 5.74) is 0.516. The molecule has 0 spiro atoms. The first-order valence-corrected chi connectivity index (χ1v) is 7.60. The Bertz CT molecular complexity index is 524. The molecule has 0 unspecified atom stereocenters. The Balaban J connectivity index is 2.02. The Labute approximate surface area is 131 Å². The van der Waals surface area contributed by atoms with E-state index in [0.29, 0.717) is 13.0 Å². The molecule has 2 atom stereocenters. The van der Waals surface area contributed by atoms with Crippen LogP contribution in [-0.4, -0.2) is 48.0 Å². The molecule has 1 N–H and O–H groups in total. The fraction of sp³-hybridized carbons (Fsp3) is 0.588. The summed E-state index contributed by atoms with van der Waals surface area (Å²) in [6.07, 6.45) is -0.267. The number of methoxy groups -OCH3 is 1. The van der Waals surface area contributed by atoms with E-state index < -0.39 is 11.7 Å². The van der Waals surface area contributed by atoms with Crippen molar-refractivity contribution in [3.63, 3.8) is 0 Å². The molecular weight excluding hydrogens is 282 g/mol. The fourth-order valence-electron chi connectivity index (χ4n) is 2.68. The van der Waals surface area contributed by atoms with Crippen molar-refractivity contribution in [2.45, 2.75) is 44.8 Å². The van der Waals surface area contributed by atoms with E-state index in [1.54, 1.807) is 12.0 Å². The van der Waals surface area contributed by atoms with Crippen molar-refractivity contribution in [2.75, 3.05) is 20.2 Å². The number of carbonyl (C=O) groups excluding carboxylic acids is 1. The largest absolute Gasteiger partial charge is 0.497 e. The van der Waals surface area contributed by atoms with E-state index in [9.17, 15) is 9.90 Å². The molecule has 5 heteroatoms. The molecule has 1 fully saturated rings. The minimum Gasteiger partial charge on any atom is -0.497 e. The van der Waals surface area contributed by atoms with Crippen LogP contribution in [0, 0.1) is 0 Å². The predicted molar refractivity (Wildman–Crippen MR) is 84.2 cm³/mol. The van der Waals surface area contributed by atoms with Crippen LogP contribution in [0.25, 0.3) is 0 Å². The number of rotatable bonds is 2. The van der Waals surface area contributed by atoms with Crippen molar-refractivity contribution in [1.82, 2.24) is 4.90 Å². The van der Waals surface area contributed by atoms with Gasteiger partial charge in [0.25, 0.3) is 0 Å². The predicted octanol–water partition coefficient (Wildman–Crippen LogP) is 2.78. The highest BCUT2D eigenvalue weighted by Gasteiger charge is 2.33. The Kier molecular flexibility index (Phi) is 4.96. The SMILES string of the molecule is COc1cccc([C@H]2CCN(C(=O)OC(C)(C)C)C[C@@H]2O)c1. The third-order valence-corrected chi connectivity index (χ3v) is 3.76. The quantitative estimate of drug-likeness (QED) is 0.913. The lowest BCUT2D eigenvalue weighted by Gasteiger charge is -2.37. The Morgan fingerprint density at radius 3 is 2.68 bits per heavy atom. The van der Waals surface area contributed by atoms with Crippen molar-refractivity contribution in [1.29, 1.82) is 0 Å². The van der Waals surface area contributed by atoms with Gasteiger partial charge in [-0.25, -0.2) is 4.79 Å². The van der Waals surface area contributed by atoms with E-state index in [-0.39, 0.29) is 18.6 Å². The number of amides is 1. The highest BCUT2D eigenvalue weighted by Crippen LogP contribution is 2.31. The second-order valence-electron chi connectivity index (χ2n) is 6.67. The number of piperidine rings is 1. The maximum Gasteiger partial charge on any atom is 0.410 e. The average Bonchev–Trinajstić information content (AvgIpc) is 2.45. The summed E-state index contributed by atoms with van der Waals surface area (Å²) >= 11 is 0. The van der Waals surface area contributed by atoms with Crippen LogP contribution >= 0.6 is 0 Å². The highest BCUT2D eigenvalue weighted by atomic mass is 16.6. The van der Waals surface area contributed by atoms with Crippen LogP contribution in [-0.2, 0) is 4.74 Å². The monoisotopic (exact) mass is 307 g/mol. The second-order valence-corrected chi connectivity index (χ2v) is 6.67. The molecule has 0 saturated carbocycles. The summed E-state index contributed by atoms with van der Waals surface area (Å²) in [4.78, 5) is 13.7. The zero-order valence-electron chi connectivity index (χ0n) is 13.7. The van der Waals surface area contributed by atoms with Gasteiger partial charge in [0.05, 0.1) is 19.8 Å². The maximum absolute atomic E-state index is 12.1. The topological polar surface area (TPSA) is 59.0 Å². The van der Waals surface area contributed by atoms with Crippen molar-refractivity contribution in [3.05, 3.63) is 29.8 Å². The van der Waals surface area contributed by atoms with Crippen LogP contribution in [0.15, 0.2) is 24.3 Å². The molecular formula is C17H25NO4. The molecule has 22 heavy (non-hydrogen) atoms. The zero-order valence-corrected chi connectivity index (χ0v) is 13.7. The summed E-state index contributed by atoms with van der Waals surface area (Å²) in [6.45, 7) is 6.38. The summed E-state index contributed by atoms with van der Waals surface area (Å²) in [5, 5.41) is 10.4. The third-order valence-electron chi connectivity index (χ3n) is 3.76. The first-order valence-electron chi connectivity index (χ1n) is 7.60. The Morgan fingerprint density at radius 2 is 2.09 bits per heavy atom. The maximum atomic E-state index is 12.1. The number of benzene rings is 1. The highest BCUT2D eigenvalue weighted by molar-refractivity contribution is 5.68.